The first-order chi connectivity index (χ1) is 22.2. The molecule has 214 valence electrons. The minimum Gasteiger partial charge on any atom is -0.456 e. The van der Waals surface area contributed by atoms with Crippen LogP contribution in [0.5, 0.6) is 0 Å². The summed E-state index contributed by atoms with van der Waals surface area (Å²) >= 11 is 0. The fourth-order valence-electron chi connectivity index (χ4n) is 7.26. The van der Waals surface area contributed by atoms with E-state index in [4.69, 9.17) is 9.41 Å². The topological polar surface area (TPSA) is 28.7 Å². The van der Waals surface area contributed by atoms with E-state index in [1.807, 2.05) is 6.07 Å². The minimum absolute atomic E-state index is 0.0818. The Morgan fingerprint density at radius 2 is 1.31 bits per heavy atom. The van der Waals surface area contributed by atoms with Crippen LogP contribution in [0.4, 0.5) is 17.1 Å². The highest BCUT2D eigenvalue weighted by Crippen LogP contribution is 2.52. The van der Waals surface area contributed by atoms with Crippen molar-refractivity contribution in [1.82, 2.24) is 0 Å². The Bertz CT molecular complexity index is 2480. The number of benzene rings is 7. The Hall–Kier alpha value is -5.67. The van der Waals surface area contributed by atoms with E-state index in [1.165, 1.54) is 43.9 Å². The Labute approximate surface area is 261 Å². The maximum absolute atomic E-state index is 6.36. The molecule has 0 fully saturated rings. The molecule has 0 spiro atoms. The number of nitrogens with zero attached hydrogens (tertiary/aromatic N) is 2. The van der Waals surface area contributed by atoms with Gasteiger partial charge in [-0.1, -0.05) is 122 Å². The molecule has 9 rings (SSSR count). The molecule has 7 aromatic carbocycles. The Kier molecular flexibility index (Phi) is 5.69. The number of fused-ring (bicyclic) bond motifs is 7. The molecule has 0 amide bonds. The highest BCUT2D eigenvalue weighted by atomic mass is 16.3. The number of aryl methyl sites for hydroxylation is 1. The van der Waals surface area contributed by atoms with Gasteiger partial charge in [0.1, 0.15) is 17.0 Å². The van der Waals surface area contributed by atoms with Crippen LogP contribution in [0, 0.1) is 6.92 Å². The van der Waals surface area contributed by atoms with Crippen LogP contribution >= 0.6 is 0 Å². The molecule has 0 saturated heterocycles. The number of anilines is 2. The summed E-state index contributed by atoms with van der Waals surface area (Å²) in [5.41, 5.74) is 9.89. The Morgan fingerprint density at radius 3 is 2.20 bits per heavy atom. The van der Waals surface area contributed by atoms with Crippen molar-refractivity contribution in [3.63, 3.8) is 0 Å². The summed E-state index contributed by atoms with van der Waals surface area (Å²) < 4.78 is 6.36. The summed E-state index contributed by atoms with van der Waals surface area (Å²) in [6.45, 7) is 4.43. The van der Waals surface area contributed by atoms with Gasteiger partial charge < -0.3 is 4.42 Å². The fourth-order valence-corrected chi connectivity index (χ4v) is 7.26. The first kappa shape index (κ1) is 25.8. The first-order valence-electron chi connectivity index (χ1n) is 15.6. The molecule has 1 unspecified atom stereocenters. The fraction of sp³-hybridized carbons (Fsp3) is 0.0714. The van der Waals surface area contributed by atoms with E-state index in [1.54, 1.807) is 0 Å². The van der Waals surface area contributed by atoms with Crippen molar-refractivity contribution >= 4 is 66.4 Å². The zero-order valence-corrected chi connectivity index (χ0v) is 25.2. The molecular weight excluding hydrogens is 548 g/mol. The van der Waals surface area contributed by atoms with E-state index in [0.29, 0.717) is 0 Å². The second-order valence-electron chi connectivity index (χ2n) is 12.0. The largest absolute Gasteiger partial charge is 0.456 e. The SMILES string of the molecule is Cc1ccccc1N=C(C(C)c1cccc2oc3ccccc3c12)N1c2c(ccc3ccccc23)-c2cccc3cccc1c23. The van der Waals surface area contributed by atoms with E-state index in [-0.39, 0.29) is 5.92 Å². The van der Waals surface area contributed by atoms with Crippen molar-refractivity contribution in [3.8, 4) is 11.1 Å². The lowest BCUT2D eigenvalue weighted by Gasteiger charge is -2.37. The molecule has 1 aliphatic rings. The van der Waals surface area contributed by atoms with Gasteiger partial charge in [-0.15, -0.1) is 0 Å². The highest BCUT2D eigenvalue weighted by molar-refractivity contribution is 6.26. The molecule has 0 bridgehead atoms. The summed E-state index contributed by atoms with van der Waals surface area (Å²) in [7, 11) is 0. The predicted molar refractivity (Wildman–Crippen MR) is 189 cm³/mol. The van der Waals surface area contributed by atoms with Gasteiger partial charge >= 0.3 is 0 Å². The number of hydrogen-bond donors (Lipinski definition) is 0. The third kappa shape index (κ3) is 3.87. The van der Waals surface area contributed by atoms with Crippen LogP contribution in [0.25, 0.3) is 54.6 Å². The third-order valence-electron chi connectivity index (χ3n) is 9.41. The second kappa shape index (κ2) is 9.93. The second-order valence-corrected chi connectivity index (χ2v) is 12.0. The number of amidine groups is 1. The van der Waals surface area contributed by atoms with E-state index in [9.17, 15) is 0 Å². The van der Waals surface area contributed by atoms with Gasteiger partial charge in [0.25, 0.3) is 0 Å². The smallest absolute Gasteiger partial charge is 0.135 e. The van der Waals surface area contributed by atoms with Crippen LogP contribution in [0.1, 0.15) is 24.0 Å². The number of aliphatic imine (C=N–C) groups is 1. The van der Waals surface area contributed by atoms with Gasteiger partial charge in [0, 0.05) is 33.0 Å². The van der Waals surface area contributed by atoms with Crippen LogP contribution < -0.4 is 4.90 Å². The van der Waals surface area contributed by atoms with Crippen LogP contribution in [-0.4, -0.2) is 5.84 Å². The molecule has 8 aromatic rings. The van der Waals surface area contributed by atoms with Gasteiger partial charge in [-0.3, -0.25) is 4.90 Å². The van der Waals surface area contributed by atoms with Gasteiger partial charge in [-0.2, -0.15) is 0 Å². The van der Waals surface area contributed by atoms with Gasteiger partial charge in [0.15, 0.2) is 0 Å². The molecule has 3 heteroatoms. The molecule has 0 aliphatic carbocycles. The van der Waals surface area contributed by atoms with Crippen molar-refractivity contribution in [2.75, 3.05) is 4.90 Å². The van der Waals surface area contributed by atoms with E-state index in [2.05, 4.69) is 152 Å². The average Bonchev–Trinajstić information content (AvgIpc) is 3.47. The van der Waals surface area contributed by atoms with Crippen LogP contribution in [0.15, 0.2) is 149 Å². The third-order valence-corrected chi connectivity index (χ3v) is 9.41. The molecule has 1 atom stereocenters. The highest BCUT2D eigenvalue weighted by Gasteiger charge is 2.33. The van der Waals surface area contributed by atoms with Crippen molar-refractivity contribution in [2.24, 2.45) is 4.99 Å². The van der Waals surface area contributed by atoms with E-state index >= 15 is 0 Å². The van der Waals surface area contributed by atoms with Crippen LogP contribution in [-0.2, 0) is 0 Å². The lowest BCUT2D eigenvalue weighted by molar-refractivity contribution is 0.668. The summed E-state index contributed by atoms with van der Waals surface area (Å²) in [6.07, 6.45) is 0. The Morgan fingerprint density at radius 1 is 0.600 bits per heavy atom. The van der Waals surface area contributed by atoms with Gasteiger partial charge in [0.05, 0.1) is 17.1 Å². The molecule has 0 N–H and O–H groups in total. The number of hydrogen-bond acceptors (Lipinski definition) is 2. The van der Waals surface area contributed by atoms with Crippen LogP contribution in [0.3, 0.4) is 0 Å². The minimum atomic E-state index is -0.0818. The lowest BCUT2D eigenvalue weighted by Crippen LogP contribution is -2.32. The van der Waals surface area contributed by atoms with E-state index in [0.717, 1.165) is 44.7 Å². The van der Waals surface area contributed by atoms with Gasteiger partial charge in [0.2, 0.25) is 0 Å². The molecule has 1 aromatic heterocycles. The lowest BCUT2D eigenvalue weighted by atomic mass is 9.87. The van der Waals surface area contributed by atoms with Crippen molar-refractivity contribution in [3.05, 3.63) is 151 Å². The maximum Gasteiger partial charge on any atom is 0.135 e. The zero-order chi connectivity index (χ0) is 30.1. The summed E-state index contributed by atoms with van der Waals surface area (Å²) in [5.74, 6) is 0.892. The molecule has 3 nitrogen and oxygen atoms in total. The molecule has 0 saturated carbocycles. The number of furan rings is 1. The number of rotatable bonds is 3. The quantitative estimate of drug-likeness (QED) is 0.154. The normalized spacial score (nSPS) is 13.6. The van der Waals surface area contributed by atoms with Gasteiger partial charge in [-0.25, -0.2) is 4.99 Å². The van der Waals surface area contributed by atoms with Crippen molar-refractivity contribution in [2.45, 2.75) is 19.8 Å². The molecule has 2 heterocycles. The van der Waals surface area contributed by atoms with Crippen molar-refractivity contribution < 1.29 is 4.42 Å². The summed E-state index contributed by atoms with van der Waals surface area (Å²) in [6, 6.07) is 49.7. The van der Waals surface area contributed by atoms with Crippen molar-refractivity contribution in [1.29, 1.82) is 0 Å². The maximum atomic E-state index is 6.36. The summed E-state index contributed by atoms with van der Waals surface area (Å²) in [5, 5.41) is 7.16. The monoisotopic (exact) mass is 578 g/mol. The van der Waals surface area contributed by atoms with Crippen LogP contribution in [0.2, 0.25) is 0 Å². The predicted octanol–water partition coefficient (Wildman–Crippen LogP) is 11.9. The molecule has 0 radical (unpaired) electrons. The summed E-state index contributed by atoms with van der Waals surface area (Å²) in [4.78, 5) is 8.06. The molecule has 45 heavy (non-hydrogen) atoms. The first-order valence-corrected chi connectivity index (χ1v) is 15.6. The molecular formula is C42H30N2O. The molecule has 1 aliphatic heterocycles. The standard InChI is InChI=1S/C42H30N2O/c1-26-12-3-7-20-35(26)43-42(27(2)30-18-11-23-38-40(30)34-17-6-8-22-37(34)45-38)44-36-21-10-15-29-14-9-19-32(39(29)36)33-25-24-28-13-4-5-16-31(28)41(33)44/h3-25,27H,1-2H3. The zero-order valence-electron chi connectivity index (χ0n) is 25.2. The van der Waals surface area contributed by atoms with E-state index < -0.39 is 0 Å². The number of para-hydroxylation sites is 2. The van der Waals surface area contributed by atoms with Gasteiger partial charge in [-0.05, 0) is 58.7 Å². The average molecular weight is 579 g/mol. The Balaban J connectivity index is 1.41.